The Morgan fingerprint density at radius 3 is 1.20 bits per heavy atom. The second-order valence-corrected chi connectivity index (χ2v) is 13.2. The molecule has 0 saturated heterocycles. The molecule has 2 atom stereocenters. The number of ketones is 2. The van der Waals surface area contributed by atoms with Crippen molar-refractivity contribution in [2.24, 2.45) is 20.5 Å². The molecule has 0 aromatic heterocycles. The van der Waals surface area contributed by atoms with Crippen LogP contribution in [0.15, 0.2) is 81.1 Å². The molecule has 0 bridgehead atoms. The maximum atomic E-state index is 12.9. The van der Waals surface area contributed by atoms with Gasteiger partial charge in [0.05, 0.1) is 10.0 Å². The average Bonchev–Trinajstić information content (AvgIpc) is 3.03. The number of hydrogen-bond donors (Lipinski definition) is 2. The number of hydrogen-bond acceptors (Lipinski definition) is 8. The van der Waals surface area contributed by atoms with E-state index in [1.54, 1.807) is 88.4 Å². The van der Waals surface area contributed by atoms with Crippen LogP contribution < -0.4 is 10.6 Å². The lowest BCUT2D eigenvalue weighted by molar-refractivity contribution is -0.127. The number of benzene rings is 4. The first-order valence-corrected chi connectivity index (χ1v) is 16.6. The minimum atomic E-state index is -1.40. The Morgan fingerprint density at radius 2 is 0.880 bits per heavy atom. The maximum absolute atomic E-state index is 12.9. The second kappa shape index (κ2) is 16.5. The highest BCUT2D eigenvalue weighted by molar-refractivity contribution is 6.34. The Kier molecular flexibility index (Phi) is 12.6. The minimum Gasteiger partial charge on any atom is -0.324 e. The predicted molar refractivity (Wildman–Crippen MR) is 199 cm³/mol. The van der Waals surface area contributed by atoms with Gasteiger partial charge in [-0.25, -0.2) is 0 Å². The van der Waals surface area contributed by atoms with E-state index in [0.29, 0.717) is 32.5 Å². The maximum Gasteiger partial charge on any atom is 0.258 e. The fourth-order valence-electron chi connectivity index (χ4n) is 4.65. The van der Waals surface area contributed by atoms with E-state index < -0.39 is 35.5 Å². The number of halogens is 4. The summed E-state index contributed by atoms with van der Waals surface area (Å²) in [7, 11) is 0. The number of carbonyl (C=O) groups is 4. The van der Waals surface area contributed by atoms with Gasteiger partial charge >= 0.3 is 0 Å². The van der Waals surface area contributed by atoms with E-state index in [9.17, 15) is 19.2 Å². The third kappa shape index (κ3) is 9.39. The normalized spacial score (nSPS) is 12.6. The van der Waals surface area contributed by atoms with Crippen LogP contribution in [0.2, 0.25) is 20.1 Å². The number of rotatable bonds is 11. The molecule has 0 spiro atoms. The minimum absolute atomic E-state index is 0.208. The van der Waals surface area contributed by atoms with Crippen molar-refractivity contribution in [2.45, 2.75) is 53.6 Å². The summed E-state index contributed by atoms with van der Waals surface area (Å²) in [4.78, 5) is 50.5. The first-order chi connectivity index (χ1) is 23.5. The number of nitrogens with one attached hydrogen (secondary N) is 2. The SMILES string of the molecule is CC(=O)[C@H](N=Nc1ccc(-c2ccc(N=N[C@@H](C(C)=O)C(=O)Nc3cc(C)c(Cl)cc3C)c(Cl)c2)cc1Cl)C(=O)Nc1cc(C)c(Cl)cc1C. The van der Waals surface area contributed by atoms with Crippen LogP contribution in [0.1, 0.15) is 36.1 Å². The monoisotopic (exact) mass is 752 g/mol. The van der Waals surface area contributed by atoms with Crippen LogP contribution in [0.4, 0.5) is 22.7 Å². The number of Topliss-reactive ketones (excluding diaryl/α,β-unsaturated/α-hetero) is 2. The van der Waals surface area contributed by atoms with Crippen molar-refractivity contribution < 1.29 is 19.2 Å². The smallest absolute Gasteiger partial charge is 0.258 e. The summed E-state index contributed by atoms with van der Waals surface area (Å²) in [6.07, 6.45) is 0. The van der Waals surface area contributed by atoms with Crippen molar-refractivity contribution in [3.05, 3.63) is 103 Å². The molecule has 4 aromatic carbocycles. The van der Waals surface area contributed by atoms with Crippen molar-refractivity contribution in [1.82, 2.24) is 0 Å². The molecule has 0 radical (unpaired) electrons. The highest BCUT2D eigenvalue weighted by Crippen LogP contribution is 2.35. The van der Waals surface area contributed by atoms with Gasteiger partial charge in [0, 0.05) is 21.4 Å². The Morgan fingerprint density at radius 1 is 0.520 bits per heavy atom. The van der Waals surface area contributed by atoms with Crippen LogP contribution in [0, 0.1) is 27.7 Å². The summed E-state index contributed by atoms with van der Waals surface area (Å²) in [5.74, 6) is -2.30. The lowest BCUT2D eigenvalue weighted by atomic mass is 10.0. The molecule has 0 aliphatic rings. The Bertz CT molecular complexity index is 1940. The van der Waals surface area contributed by atoms with E-state index in [1.165, 1.54) is 13.8 Å². The number of azo groups is 2. The van der Waals surface area contributed by atoms with E-state index in [0.717, 1.165) is 22.3 Å². The molecule has 0 aliphatic heterocycles. The fourth-order valence-corrected chi connectivity index (χ4v) is 5.52. The van der Waals surface area contributed by atoms with Crippen LogP contribution in [0.3, 0.4) is 0 Å². The van der Waals surface area contributed by atoms with Crippen LogP contribution >= 0.6 is 46.4 Å². The summed E-state index contributed by atoms with van der Waals surface area (Å²) < 4.78 is 0. The average molecular weight is 755 g/mol. The molecule has 0 saturated carbocycles. The molecule has 0 fully saturated rings. The summed E-state index contributed by atoms with van der Waals surface area (Å²) in [5, 5.41) is 23.1. The Labute approximate surface area is 309 Å². The molecular weight excluding hydrogens is 722 g/mol. The molecule has 2 amide bonds. The molecule has 50 heavy (non-hydrogen) atoms. The van der Waals surface area contributed by atoms with Crippen molar-refractivity contribution in [3.63, 3.8) is 0 Å². The fraction of sp³-hybridized carbons (Fsp3) is 0.222. The zero-order chi connectivity index (χ0) is 36.9. The Hall–Kier alpha value is -4.48. The summed E-state index contributed by atoms with van der Waals surface area (Å²) in [5.41, 5.74) is 5.82. The number of carbonyl (C=O) groups excluding carboxylic acids is 4. The molecule has 4 rings (SSSR count). The quantitative estimate of drug-likeness (QED) is 0.116. The highest BCUT2D eigenvalue weighted by Gasteiger charge is 2.25. The van der Waals surface area contributed by atoms with Crippen molar-refractivity contribution in [3.8, 4) is 11.1 Å². The van der Waals surface area contributed by atoms with Gasteiger partial charge in [-0.05, 0) is 123 Å². The zero-order valence-electron chi connectivity index (χ0n) is 27.9. The molecule has 0 heterocycles. The van der Waals surface area contributed by atoms with Crippen LogP contribution in [-0.4, -0.2) is 35.5 Å². The molecule has 0 unspecified atom stereocenters. The van der Waals surface area contributed by atoms with Gasteiger partial charge in [0.1, 0.15) is 11.4 Å². The standard InChI is InChI=1S/C36H32Cl4N6O4/c1-17-13-31(19(3)11-25(17)37)41-35(49)33(21(5)47)45-43-29-9-7-23(15-27(29)39)24-8-10-30(28(40)16-24)44-46-34(22(6)48)36(50)42-32-14-18(2)26(38)12-20(32)4/h7-16,33-34H,1-6H3,(H,41,49)(H,42,50)/t33-,34-/m0/s1. The summed E-state index contributed by atoms with van der Waals surface area (Å²) in [6, 6.07) is 13.9. The Balaban J connectivity index is 1.48. The van der Waals surface area contributed by atoms with Gasteiger partial charge in [-0.1, -0.05) is 58.5 Å². The summed E-state index contributed by atoms with van der Waals surface area (Å²) >= 11 is 25.3. The number of aryl methyl sites for hydroxylation is 4. The van der Waals surface area contributed by atoms with Gasteiger partial charge in [-0.15, -0.1) is 0 Å². The second-order valence-electron chi connectivity index (χ2n) is 11.6. The highest BCUT2D eigenvalue weighted by atomic mass is 35.5. The molecular formula is C36H32Cl4N6O4. The van der Waals surface area contributed by atoms with Crippen molar-refractivity contribution in [2.75, 3.05) is 10.6 Å². The van der Waals surface area contributed by atoms with Gasteiger partial charge in [0.25, 0.3) is 11.8 Å². The van der Waals surface area contributed by atoms with E-state index in [1.807, 2.05) is 0 Å². The summed E-state index contributed by atoms with van der Waals surface area (Å²) in [6.45, 7) is 9.68. The van der Waals surface area contributed by atoms with Crippen molar-refractivity contribution >= 4 is 92.5 Å². The lowest BCUT2D eigenvalue weighted by Crippen LogP contribution is -2.32. The number of anilines is 2. The molecule has 2 N–H and O–H groups in total. The number of nitrogens with zero attached hydrogens (tertiary/aromatic N) is 4. The van der Waals surface area contributed by atoms with Crippen LogP contribution in [-0.2, 0) is 19.2 Å². The van der Waals surface area contributed by atoms with Crippen molar-refractivity contribution in [1.29, 1.82) is 0 Å². The largest absolute Gasteiger partial charge is 0.324 e. The molecule has 0 aliphatic carbocycles. The predicted octanol–water partition coefficient (Wildman–Crippen LogP) is 10.6. The van der Waals surface area contributed by atoms with Gasteiger partial charge in [0.15, 0.2) is 11.6 Å². The third-order valence-corrected chi connectivity index (χ3v) is 9.00. The van der Waals surface area contributed by atoms with Crippen LogP contribution in [0.25, 0.3) is 11.1 Å². The topological polar surface area (TPSA) is 142 Å². The van der Waals surface area contributed by atoms with Gasteiger partial charge in [-0.3, -0.25) is 19.2 Å². The van der Waals surface area contributed by atoms with Crippen LogP contribution in [0.5, 0.6) is 0 Å². The van der Waals surface area contributed by atoms with Gasteiger partial charge in [-0.2, -0.15) is 20.5 Å². The van der Waals surface area contributed by atoms with E-state index in [2.05, 4.69) is 31.1 Å². The lowest BCUT2D eigenvalue weighted by Gasteiger charge is -2.13. The first-order valence-electron chi connectivity index (χ1n) is 15.1. The van der Waals surface area contributed by atoms with Gasteiger partial charge < -0.3 is 10.6 Å². The van der Waals surface area contributed by atoms with E-state index in [-0.39, 0.29) is 21.4 Å². The molecule has 258 valence electrons. The van der Waals surface area contributed by atoms with E-state index in [4.69, 9.17) is 46.4 Å². The first kappa shape index (κ1) is 38.3. The number of amides is 2. The van der Waals surface area contributed by atoms with Gasteiger partial charge in [0.2, 0.25) is 12.1 Å². The molecule has 4 aromatic rings. The van der Waals surface area contributed by atoms with E-state index >= 15 is 0 Å². The third-order valence-electron chi connectivity index (χ3n) is 7.58. The zero-order valence-corrected chi connectivity index (χ0v) is 30.9. The molecule has 14 heteroatoms. The molecule has 10 nitrogen and oxygen atoms in total.